The van der Waals surface area contributed by atoms with Gasteiger partial charge in [0.2, 0.25) is 0 Å². The summed E-state index contributed by atoms with van der Waals surface area (Å²) >= 11 is 1.53. The van der Waals surface area contributed by atoms with E-state index in [4.69, 9.17) is 5.11 Å². The lowest BCUT2D eigenvalue weighted by molar-refractivity contribution is -0.138. The topological polar surface area (TPSA) is 57.6 Å². The van der Waals surface area contributed by atoms with Gasteiger partial charge in [-0.1, -0.05) is 18.2 Å². The van der Waals surface area contributed by atoms with Gasteiger partial charge < -0.3 is 10.0 Å². The van der Waals surface area contributed by atoms with E-state index in [0.717, 1.165) is 26.9 Å². The van der Waals surface area contributed by atoms with Crippen LogP contribution in [0.25, 0.3) is 10.1 Å². The minimum Gasteiger partial charge on any atom is -0.481 e. The van der Waals surface area contributed by atoms with Crippen molar-refractivity contribution >= 4 is 33.3 Å². The lowest BCUT2D eigenvalue weighted by Gasteiger charge is -2.15. The largest absolute Gasteiger partial charge is 0.481 e. The van der Waals surface area contributed by atoms with E-state index in [9.17, 15) is 9.59 Å². The number of thiophene rings is 1. The second kappa shape index (κ2) is 5.48. The molecular formula is C16H17NO3S. The maximum absolute atomic E-state index is 12.7. The number of aliphatic carboxylic acids is 1. The molecular weight excluding hydrogens is 286 g/mol. The monoisotopic (exact) mass is 303 g/mol. The van der Waals surface area contributed by atoms with E-state index < -0.39 is 5.97 Å². The SMILES string of the molecule is Cc1c(C(=O)N2CCC(CC(=O)O)C2)sc2ccccc12. The van der Waals surface area contributed by atoms with Crippen molar-refractivity contribution in [2.75, 3.05) is 13.1 Å². The molecule has 0 saturated carbocycles. The van der Waals surface area contributed by atoms with Crippen molar-refractivity contribution in [3.63, 3.8) is 0 Å². The van der Waals surface area contributed by atoms with Gasteiger partial charge in [0, 0.05) is 24.2 Å². The summed E-state index contributed by atoms with van der Waals surface area (Å²) in [4.78, 5) is 26.0. The van der Waals surface area contributed by atoms with Gasteiger partial charge in [-0.15, -0.1) is 11.3 Å². The van der Waals surface area contributed by atoms with Gasteiger partial charge in [-0.05, 0) is 36.3 Å². The lowest BCUT2D eigenvalue weighted by atomic mass is 10.1. The first-order chi connectivity index (χ1) is 10.1. The zero-order valence-corrected chi connectivity index (χ0v) is 12.7. The van der Waals surface area contributed by atoms with Crippen LogP contribution in [0.5, 0.6) is 0 Å². The van der Waals surface area contributed by atoms with Gasteiger partial charge >= 0.3 is 5.97 Å². The average Bonchev–Trinajstić information content (AvgIpc) is 3.03. The van der Waals surface area contributed by atoms with Crippen molar-refractivity contribution in [3.8, 4) is 0 Å². The van der Waals surface area contributed by atoms with Crippen LogP contribution in [0.3, 0.4) is 0 Å². The fourth-order valence-electron chi connectivity index (χ4n) is 2.95. The second-order valence-corrected chi connectivity index (χ2v) is 6.61. The molecule has 1 fully saturated rings. The first kappa shape index (κ1) is 14.1. The van der Waals surface area contributed by atoms with Gasteiger partial charge in [-0.3, -0.25) is 9.59 Å². The molecule has 0 radical (unpaired) electrons. The average molecular weight is 303 g/mol. The molecule has 0 bridgehead atoms. The van der Waals surface area contributed by atoms with Gasteiger partial charge in [-0.2, -0.15) is 0 Å². The number of hydrogen-bond acceptors (Lipinski definition) is 3. The molecule has 1 aliphatic heterocycles. The van der Waals surface area contributed by atoms with E-state index >= 15 is 0 Å². The molecule has 2 aromatic rings. The van der Waals surface area contributed by atoms with Crippen molar-refractivity contribution < 1.29 is 14.7 Å². The number of rotatable bonds is 3. The molecule has 1 aliphatic rings. The molecule has 1 atom stereocenters. The second-order valence-electron chi connectivity index (χ2n) is 5.56. The fourth-order valence-corrected chi connectivity index (χ4v) is 4.13. The Hall–Kier alpha value is -1.88. The smallest absolute Gasteiger partial charge is 0.303 e. The third kappa shape index (κ3) is 2.65. The summed E-state index contributed by atoms with van der Waals surface area (Å²) in [6, 6.07) is 8.02. The number of carbonyl (C=O) groups is 2. The molecule has 0 spiro atoms. The summed E-state index contributed by atoms with van der Waals surface area (Å²) in [5.41, 5.74) is 1.03. The predicted molar refractivity (Wildman–Crippen MR) is 82.8 cm³/mol. The molecule has 1 unspecified atom stereocenters. The summed E-state index contributed by atoms with van der Waals surface area (Å²) in [5.74, 6) is -0.657. The maximum Gasteiger partial charge on any atom is 0.303 e. The Morgan fingerprint density at radius 3 is 2.86 bits per heavy atom. The van der Waals surface area contributed by atoms with Crippen molar-refractivity contribution in [3.05, 3.63) is 34.7 Å². The van der Waals surface area contributed by atoms with E-state index in [1.54, 1.807) is 4.90 Å². The molecule has 2 heterocycles. The Balaban J connectivity index is 1.81. The van der Waals surface area contributed by atoms with Crippen LogP contribution < -0.4 is 0 Å². The van der Waals surface area contributed by atoms with E-state index in [-0.39, 0.29) is 18.2 Å². The first-order valence-corrected chi connectivity index (χ1v) is 7.87. The van der Waals surface area contributed by atoms with Gasteiger partial charge in [0.1, 0.15) is 0 Å². The van der Waals surface area contributed by atoms with Crippen LogP contribution in [0.15, 0.2) is 24.3 Å². The van der Waals surface area contributed by atoms with E-state index in [0.29, 0.717) is 13.1 Å². The Kier molecular flexibility index (Phi) is 3.68. The summed E-state index contributed by atoms with van der Waals surface area (Å²) < 4.78 is 1.12. The number of fused-ring (bicyclic) bond motifs is 1. The predicted octanol–water partition coefficient (Wildman–Crippen LogP) is 3.15. The van der Waals surface area contributed by atoms with Gasteiger partial charge in [0.05, 0.1) is 4.88 Å². The summed E-state index contributed by atoms with van der Waals surface area (Å²) in [6.07, 6.45) is 0.928. The molecule has 3 rings (SSSR count). The molecule has 110 valence electrons. The normalized spacial score (nSPS) is 18.3. The van der Waals surface area contributed by atoms with Gasteiger partial charge in [0.25, 0.3) is 5.91 Å². The minimum absolute atomic E-state index is 0.0431. The molecule has 5 heteroatoms. The van der Waals surface area contributed by atoms with Crippen molar-refractivity contribution in [2.24, 2.45) is 5.92 Å². The summed E-state index contributed by atoms with van der Waals surface area (Å²) in [7, 11) is 0. The number of likely N-dealkylation sites (tertiary alicyclic amines) is 1. The first-order valence-electron chi connectivity index (χ1n) is 7.05. The molecule has 1 saturated heterocycles. The van der Waals surface area contributed by atoms with Crippen LogP contribution in [-0.4, -0.2) is 35.0 Å². The number of benzene rings is 1. The molecule has 1 aromatic carbocycles. The zero-order valence-electron chi connectivity index (χ0n) is 11.8. The highest BCUT2D eigenvalue weighted by Gasteiger charge is 2.30. The Morgan fingerprint density at radius 2 is 2.14 bits per heavy atom. The van der Waals surface area contributed by atoms with Crippen LogP contribution in [-0.2, 0) is 4.79 Å². The standard InChI is InChI=1S/C16H17NO3S/c1-10-12-4-2-3-5-13(12)21-15(10)16(20)17-7-6-11(9-17)8-14(18)19/h2-5,11H,6-9H2,1H3,(H,18,19). The zero-order chi connectivity index (χ0) is 15.0. The number of aryl methyl sites for hydroxylation is 1. The molecule has 0 aliphatic carbocycles. The van der Waals surface area contributed by atoms with E-state index in [2.05, 4.69) is 0 Å². The highest BCUT2D eigenvalue weighted by molar-refractivity contribution is 7.21. The summed E-state index contributed by atoms with van der Waals surface area (Å²) in [5, 5.41) is 9.99. The molecule has 1 N–H and O–H groups in total. The number of nitrogens with zero attached hydrogens (tertiary/aromatic N) is 1. The quantitative estimate of drug-likeness (QED) is 0.947. The van der Waals surface area contributed by atoms with E-state index in [1.807, 2.05) is 31.2 Å². The van der Waals surface area contributed by atoms with Crippen LogP contribution in [0.4, 0.5) is 0 Å². The van der Waals surface area contributed by atoms with Crippen LogP contribution in [0.2, 0.25) is 0 Å². The van der Waals surface area contributed by atoms with E-state index in [1.165, 1.54) is 11.3 Å². The Labute approximate surface area is 127 Å². The third-order valence-electron chi connectivity index (χ3n) is 4.07. The highest BCUT2D eigenvalue weighted by atomic mass is 32.1. The number of amides is 1. The van der Waals surface area contributed by atoms with Crippen molar-refractivity contribution in [1.82, 2.24) is 4.90 Å². The molecule has 1 aromatic heterocycles. The number of carboxylic acids is 1. The summed E-state index contributed by atoms with van der Waals surface area (Å²) in [6.45, 7) is 3.19. The minimum atomic E-state index is -0.785. The van der Waals surface area contributed by atoms with Crippen LogP contribution in [0.1, 0.15) is 28.1 Å². The van der Waals surface area contributed by atoms with Gasteiger partial charge in [0.15, 0.2) is 0 Å². The highest BCUT2D eigenvalue weighted by Crippen LogP contribution is 2.32. The fraction of sp³-hybridized carbons (Fsp3) is 0.375. The molecule has 1 amide bonds. The number of carbonyl (C=O) groups excluding carboxylic acids is 1. The molecule has 4 nitrogen and oxygen atoms in total. The Bertz CT molecular complexity index is 707. The maximum atomic E-state index is 12.7. The Morgan fingerprint density at radius 1 is 1.38 bits per heavy atom. The number of hydrogen-bond donors (Lipinski definition) is 1. The third-order valence-corrected chi connectivity index (χ3v) is 5.34. The van der Waals surface area contributed by atoms with Crippen LogP contribution in [0, 0.1) is 12.8 Å². The van der Waals surface area contributed by atoms with Gasteiger partial charge in [-0.25, -0.2) is 0 Å². The van der Waals surface area contributed by atoms with Crippen LogP contribution >= 0.6 is 11.3 Å². The molecule has 21 heavy (non-hydrogen) atoms. The lowest BCUT2D eigenvalue weighted by Crippen LogP contribution is -2.28. The van der Waals surface area contributed by atoms with Crippen molar-refractivity contribution in [1.29, 1.82) is 0 Å². The van der Waals surface area contributed by atoms with Crippen molar-refractivity contribution in [2.45, 2.75) is 19.8 Å². The number of carboxylic acid groups (broad SMARTS) is 1.